The Morgan fingerprint density at radius 2 is 1.98 bits per heavy atom. The number of aryl methyl sites for hydroxylation is 1. The number of nitrogens with one attached hydrogen (secondary N) is 1. The number of fused-ring (bicyclic) bond motifs is 2. The number of carbonyl (C=O) groups excluding carboxylic acids is 2. The van der Waals surface area contributed by atoms with Crippen LogP contribution in [0.4, 0.5) is 4.79 Å². The van der Waals surface area contributed by atoms with Crippen molar-refractivity contribution in [1.29, 1.82) is 0 Å². The first-order chi connectivity index (χ1) is 22.6. The standard InChI is InChI=1S/C24H26BrN3O3.C10H18ClN3O2/c1-27-13-17-8-21-24(30-3,19-5-4-6-20(27)22(17)19)9-15(12-28(21)2)14-31-23(29)16-7-18(25)11-26-10-16;1-8-2-4-9(5-3-8)12-10(15)14(13-16)7-6-11/h4-7,10-11,13,15,21H,8-9,12,14H2,1-3H3;8-9H,2-7H2,1H3,(H,12,15). The number of hydrogen-bond donors (Lipinski definition) is 1. The second-order valence-electron chi connectivity index (χ2n) is 13.1. The van der Waals surface area contributed by atoms with E-state index in [1.165, 1.54) is 28.2 Å². The fourth-order valence-corrected chi connectivity index (χ4v) is 8.06. The molecule has 3 unspecified atom stereocenters. The normalized spacial score (nSPS) is 25.2. The van der Waals surface area contributed by atoms with E-state index in [1.807, 2.05) is 7.11 Å². The Morgan fingerprint density at radius 3 is 2.66 bits per heavy atom. The maximum atomic E-state index is 12.5. The van der Waals surface area contributed by atoms with E-state index >= 15 is 0 Å². The molecule has 3 aromatic rings. The van der Waals surface area contributed by atoms with Crippen molar-refractivity contribution < 1.29 is 19.1 Å². The first kappa shape index (κ1) is 35.3. The highest BCUT2D eigenvalue weighted by atomic mass is 79.9. The van der Waals surface area contributed by atoms with Crippen molar-refractivity contribution in [2.45, 2.75) is 63.1 Å². The highest BCUT2D eigenvalue weighted by Crippen LogP contribution is 2.49. The van der Waals surface area contributed by atoms with Crippen LogP contribution in [-0.2, 0) is 28.5 Å². The summed E-state index contributed by atoms with van der Waals surface area (Å²) in [4.78, 5) is 40.9. The molecule has 0 radical (unpaired) electrons. The SMILES string of the molecule is CC1CCC(NC(=O)N(CCCl)N=O)CC1.COC12CC(COC(=O)c3cncc(Br)c3)CN(C)C1Cc1cn(C)c3cccc2c13. The van der Waals surface area contributed by atoms with E-state index in [-0.39, 0.29) is 36.4 Å². The molecule has 2 aromatic heterocycles. The predicted octanol–water partition coefficient (Wildman–Crippen LogP) is 6.41. The number of pyridine rings is 1. The number of rotatable bonds is 8. The minimum absolute atomic E-state index is 0.153. The molecular formula is C34H44BrClN6O5. The van der Waals surface area contributed by atoms with Gasteiger partial charge in [0.05, 0.1) is 24.0 Å². The van der Waals surface area contributed by atoms with E-state index in [0.29, 0.717) is 12.2 Å². The lowest BCUT2D eigenvalue weighted by Crippen LogP contribution is -2.59. The van der Waals surface area contributed by atoms with E-state index in [9.17, 15) is 14.5 Å². The molecule has 6 rings (SSSR count). The van der Waals surface area contributed by atoms with Crippen molar-refractivity contribution in [1.82, 2.24) is 24.8 Å². The van der Waals surface area contributed by atoms with Crippen LogP contribution in [0.25, 0.3) is 10.9 Å². The number of piperidine rings is 1. The number of benzene rings is 1. The second kappa shape index (κ2) is 15.4. The zero-order chi connectivity index (χ0) is 33.7. The van der Waals surface area contributed by atoms with Crippen molar-refractivity contribution >= 4 is 50.4 Å². The van der Waals surface area contributed by atoms with E-state index in [4.69, 9.17) is 21.1 Å². The van der Waals surface area contributed by atoms with Gasteiger partial charge in [-0.2, -0.15) is 5.01 Å². The molecule has 1 aromatic carbocycles. The fourth-order valence-electron chi connectivity index (χ4n) is 7.54. The summed E-state index contributed by atoms with van der Waals surface area (Å²) in [6.07, 6.45) is 11.4. The third-order valence-electron chi connectivity index (χ3n) is 9.90. The molecular weight excluding hydrogens is 688 g/mol. The lowest BCUT2D eigenvalue weighted by Gasteiger charge is -2.53. The number of ether oxygens (including phenoxy) is 2. The average molecular weight is 732 g/mol. The number of hydrogen-bond acceptors (Lipinski definition) is 8. The molecule has 0 bridgehead atoms. The highest BCUT2D eigenvalue weighted by molar-refractivity contribution is 9.10. The van der Waals surface area contributed by atoms with Crippen molar-refractivity contribution in [3.63, 3.8) is 0 Å². The predicted molar refractivity (Wildman–Crippen MR) is 185 cm³/mol. The minimum Gasteiger partial charge on any atom is -0.462 e. The first-order valence-electron chi connectivity index (χ1n) is 16.2. The summed E-state index contributed by atoms with van der Waals surface area (Å²) in [7, 11) is 6.07. The molecule has 13 heteroatoms. The monoisotopic (exact) mass is 730 g/mol. The Morgan fingerprint density at radius 1 is 1.21 bits per heavy atom. The molecule has 2 fully saturated rings. The van der Waals surface area contributed by atoms with Gasteiger partial charge in [-0.3, -0.25) is 9.88 Å². The molecule has 3 aliphatic rings. The number of alkyl halides is 1. The number of urea groups is 1. The Kier molecular flexibility index (Phi) is 11.6. The van der Waals surface area contributed by atoms with Gasteiger partial charge >= 0.3 is 12.0 Å². The summed E-state index contributed by atoms with van der Waals surface area (Å²) >= 11 is 8.81. The largest absolute Gasteiger partial charge is 0.462 e. The van der Waals surface area contributed by atoms with Crippen LogP contribution in [0.1, 0.15) is 60.5 Å². The third kappa shape index (κ3) is 7.66. The van der Waals surface area contributed by atoms with Crippen molar-refractivity contribution in [2.24, 2.45) is 24.2 Å². The highest BCUT2D eigenvalue weighted by Gasteiger charge is 2.52. The Balaban J connectivity index is 0.000000230. The lowest BCUT2D eigenvalue weighted by molar-refractivity contribution is -0.131. The van der Waals surface area contributed by atoms with Gasteiger partial charge in [0.1, 0.15) is 5.60 Å². The molecule has 1 saturated carbocycles. The van der Waals surface area contributed by atoms with E-state index in [2.05, 4.69) is 86.4 Å². The van der Waals surface area contributed by atoms with Gasteiger partial charge in [-0.25, -0.2) is 9.59 Å². The average Bonchev–Trinajstić information content (AvgIpc) is 3.40. The molecule has 47 heavy (non-hydrogen) atoms. The van der Waals surface area contributed by atoms with Gasteiger partial charge in [0.2, 0.25) is 0 Å². The van der Waals surface area contributed by atoms with Crippen molar-refractivity contribution in [2.75, 3.05) is 39.7 Å². The number of nitrogens with zero attached hydrogens (tertiary/aromatic N) is 5. The molecule has 254 valence electrons. The quantitative estimate of drug-likeness (QED) is 0.123. The second-order valence-corrected chi connectivity index (χ2v) is 14.4. The van der Waals surface area contributed by atoms with Crippen LogP contribution in [0.2, 0.25) is 0 Å². The zero-order valence-corrected chi connectivity index (χ0v) is 29.8. The van der Waals surface area contributed by atoms with Crippen molar-refractivity contribution in [3.8, 4) is 0 Å². The van der Waals surface area contributed by atoms with Gasteiger partial charge < -0.3 is 19.4 Å². The lowest BCUT2D eigenvalue weighted by atomic mass is 9.69. The van der Waals surface area contributed by atoms with E-state index < -0.39 is 11.6 Å². The fraction of sp³-hybridized carbons (Fsp3) is 0.559. The molecule has 2 aliphatic carbocycles. The van der Waals surface area contributed by atoms with Gasteiger partial charge in [-0.05, 0) is 90.7 Å². The number of halogens is 2. The Bertz CT molecular complexity index is 1580. The van der Waals surface area contributed by atoms with E-state index in [0.717, 1.165) is 60.5 Å². The molecule has 1 N–H and O–H groups in total. The molecule has 2 amide bonds. The van der Waals surface area contributed by atoms with Gasteiger partial charge in [-0.15, -0.1) is 16.5 Å². The van der Waals surface area contributed by atoms with Crippen LogP contribution in [0, 0.1) is 16.7 Å². The van der Waals surface area contributed by atoms with Crippen LogP contribution >= 0.6 is 27.5 Å². The van der Waals surface area contributed by atoms with Crippen molar-refractivity contribution in [3.05, 3.63) is 68.9 Å². The number of likely N-dealkylation sites (tertiary alicyclic amines) is 1. The molecule has 11 nitrogen and oxygen atoms in total. The molecule has 0 spiro atoms. The van der Waals surface area contributed by atoms with Gasteiger partial charge in [-0.1, -0.05) is 19.1 Å². The van der Waals surface area contributed by atoms with Crippen LogP contribution < -0.4 is 5.32 Å². The summed E-state index contributed by atoms with van der Waals surface area (Å²) in [6.45, 7) is 3.58. The Labute approximate surface area is 289 Å². The zero-order valence-electron chi connectivity index (χ0n) is 27.5. The minimum atomic E-state index is -0.435. The maximum absolute atomic E-state index is 12.5. The number of aromatic nitrogens is 2. The topological polar surface area (TPSA) is 118 Å². The number of carbonyl (C=O) groups is 2. The Hall–Kier alpha value is -3.06. The number of amides is 2. The summed E-state index contributed by atoms with van der Waals surface area (Å²) in [5.41, 5.74) is 3.90. The first-order valence-corrected chi connectivity index (χ1v) is 17.5. The number of likely N-dealkylation sites (N-methyl/N-ethyl adjacent to an activating group) is 1. The molecule has 3 atom stereocenters. The number of methoxy groups -OCH3 is 1. The maximum Gasteiger partial charge on any atom is 0.340 e. The summed E-state index contributed by atoms with van der Waals surface area (Å²) in [5.74, 6) is 0.768. The summed E-state index contributed by atoms with van der Waals surface area (Å²) in [5, 5.41) is 7.61. The van der Waals surface area contributed by atoms with Crippen LogP contribution in [0.15, 0.2) is 52.6 Å². The number of esters is 1. The third-order valence-corrected chi connectivity index (χ3v) is 10.5. The van der Waals surface area contributed by atoms with Gasteiger partial charge in [0, 0.05) is 78.5 Å². The smallest absolute Gasteiger partial charge is 0.340 e. The van der Waals surface area contributed by atoms with Crippen LogP contribution in [-0.4, -0.2) is 83.3 Å². The summed E-state index contributed by atoms with van der Waals surface area (Å²) < 4.78 is 15.0. The number of nitroso groups, excluding NO2 is 1. The summed E-state index contributed by atoms with van der Waals surface area (Å²) in [6, 6.07) is 8.21. The van der Waals surface area contributed by atoms with Crippen LogP contribution in [0.3, 0.4) is 0 Å². The van der Waals surface area contributed by atoms with Gasteiger partial charge in [0.25, 0.3) is 0 Å². The molecule has 3 heterocycles. The molecule has 1 aliphatic heterocycles. The molecule has 1 saturated heterocycles. The van der Waals surface area contributed by atoms with E-state index in [1.54, 1.807) is 12.3 Å². The van der Waals surface area contributed by atoms with Crippen LogP contribution in [0.5, 0.6) is 0 Å². The van der Waals surface area contributed by atoms with Gasteiger partial charge in [0.15, 0.2) is 0 Å².